The van der Waals surface area contributed by atoms with Crippen LogP contribution in [0.15, 0.2) is 0 Å². The van der Waals surface area contributed by atoms with E-state index in [1.807, 2.05) is 0 Å². The Hall–Kier alpha value is -0.610. The molecule has 0 bridgehead atoms. The van der Waals surface area contributed by atoms with Gasteiger partial charge in [0.05, 0.1) is 6.61 Å². The van der Waals surface area contributed by atoms with Gasteiger partial charge in [-0.3, -0.25) is 10.1 Å². The van der Waals surface area contributed by atoms with Crippen LogP contribution >= 0.6 is 0 Å². The lowest BCUT2D eigenvalue weighted by atomic mass is 9.83. The quantitative estimate of drug-likeness (QED) is 0.718. The molecule has 1 rings (SSSR count). The van der Waals surface area contributed by atoms with Crippen LogP contribution in [0.4, 0.5) is 0 Å². The average molecular weight is 243 g/mol. The van der Waals surface area contributed by atoms with E-state index in [0.717, 1.165) is 18.8 Å². The fourth-order valence-electron chi connectivity index (χ4n) is 2.67. The largest absolute Gasteiger partial charge is 0.480 e. The molecule has 1 saturated carbocycles. The summed E-state index contributed by atoms with van der Waals surface area (Å²) < 4.78 is 4.92. The van der Waals surface area contributed by atoms with E-state index in [-0.39, 0.29) is 6.61 Å². The van der Waals surface area contributed by atoms with Crippen LogP contribution in [0.3, 0.4) is 0 Å². The van der Waals surface area contributed by atoms with Crippen LogP contribution in [0.5, 0.6) is 0 Å². The molecule has 1 fully saturated rings. The summed E-state index contributed by atoms with van der Waals surface area (Å²) in [5.41, 5.74) is 0. The zero-order valence-corrected chi connectivity index (χ0v) is 10.9. The van der Waals surface area contributed by atoms with Gasteiger partial charge < -0.3 is 9.84 Å². The second kappa shape index (κ2) is 7.67. The fraction of sp³-hybridized carbons (Fsp3) is 0.923. The molecule has 0 spiro atoms. The molecule has 0 saturated heterocycles. The van der Waals surface area contributed by atoms with Crippen LogP contribution in [0, 0.1) is 5.92 Å². The normalized spacial score (nSPS) is 26.7. The monoisotopic (exact) mass is 243 g/mol. The smallest absolute Gasteiger partial charge is 0.323 e. The second-order valence-corrected chi connectivity index (χ2v) is 5.02. The first kappa shape index (κ1) is 14.5. The summed E-state index contributed by atoms with van der Waals surface area (Å²) in [7, 11) is 1.54. The summed E-state index contributed by atoms with van der Waals surface area (Å²) >= 11 is 0. The van der Waals surface area contributed by atoms with Gasteiger partial charge in [-0.1, -0.05) is 19.8 Å². The Labute approximate surface area is 104 Å². The van der Waals surface area contributed by atoms with E-state index in [0.29, 0.717) is 6.04 Å². The number of nitrogens with one attached hydrogen (secondary N) is 1. The number of carbonyl (C=O) groups is 1. The van der Waals surface area contributed by atoms with Gasteiger partial charge in [0.25, 0.3) is 0 Å². The van der Waals surface area contributed by atoms with Gasteiger partial charge in [0.1, 0.15) is 6.04 Å². The molecule has 0 amide bonds. The summed E-state index contributed by atoms with van der Waals surface area (Å²) in [5.74, 6) is 0.0336. The number of hydrogen-bond donors (Lipinski definition) is 2. The zero-order chi connectivity index (χ0) is 12.7. The maximum atomic E-state index is 11.0. The number of ether oxygens (including phenoxy) is 1. The van der Waals surface area contributed by atoms with Gasteiger partial charge in [0.2, 0.25) is 0 Å². The Morgan fingerprint density at radius 1 is 1.41 bits per heavy atom. The third-order valence-electron chi connectivity index (χ3n) is 3.61. The minimum Gasteiger partial charge on any atom is -0.480 e. The van der Waals surface area contributed by atoms with Gasteiger partial charge in [0, 0.05) is 13.2 Å². The highest BCUT2D eigenvalue weighted by Gasteiger charge is 2.25. The van der Waals surface area contributed by atoms with Gasteiger partial charge in [-0.25, -0.2) is 0 Å². The third kappa shape index (κ3) is 5.04. The minimum atomic E-state index is -0.817. The summed E-state index contributed by atoms with van der Waals surface area (Å²) in [4.78, 5) is 11.0. The molecule has 4 heteroatoms. The molecule has 0 radical (unpaired) electrons. The first-order valence-corrected chi connectivity index (χ1v) is 6.65. The van der Waals surface area contributed by atoms with E-state index < -0.39 is 12.0 Å². The number of carboxylic acid groups (broad SMARTS) is 1. The number of methoxy groups -OCH3 is 1. The Morgan fingerprint density at radius 3 is 2.53 bits per heavy atom. The lowest BCUT2D eigenvalue weighted by molar-refractivity contribution is -0.141. The van der Waals surface area contributed by atoms with Crippen molar-refractivity contribution in [2.45, 2.75) is 57.5 Å². The number of carboxylic acids is 1. The molecule has 0 aromatic rings. The Morgan fingerprint density at radius 2 is 2.06 bits per heavy atom. The highest BCUT2D eigenvalue weighted by atomic mass is 16.5. The van der Waals surface area contributed by atoms with Crippen molar-refractivity contribution in [2.75, 3.05) is 13.7 Å². The van der Waals surface area contributed by atoms with E-state index in [1.165, 1.54) is 32.8 Å². The fourth-order valence-corrected chi connectivity index (χ4v) is 2.67. The number of hydrogen-bond acceptors (Lipinski definition) is 3. The molecular weight excluding hydrogens is 218 g/mol. The standard InChI is InChI=1S/C13H25NO3/c1-3-4-10-5-7-11(8-6-10)14-12(9-17-2)13(15)16/h10-12,14H,3-9H2,1-2H3,(H,15,16). The van der Waals surface area contributed by atoms with E-state index >= 15 is 0 Å². The molecule has 1 aliphatic rings. The molecule has 0 aromatic carbocycles. The highest BCUT2D eigenvalue weighted by molar-refractivity contribution is 5.73. The third-order valence-corrected chi connectivity index (χ3v) is 3.61. The van der Waals surface area contributed by atoms with Crippen molar-refractivity contribution in [2.24, 2.45) is 5.92 Å². The Bertz CT molecular complexity index is 225. The maximum Gasteiger partial charge on any atom is 0.323 e. The molecule has 0 aromatic heterocycles. The molecule has 17 heavy (non-hydrogen) atoms. The highest BCUT2D eigenvalue weighted by Crippen LogP contribution is 2.27. The summed E-state index contributed by atoms with van der Waals surface area (Å²) in [6, 6.07) is -0.216. The molecule has 1 aliphatic carbocycles. The first-order valence-electron chi connectivity index (χ1n) is 6.65. The van der Waals surface area contributed by atoms with E-state index in [4.69, 9.17) is 9.84 Å². The molecule has 2 N–H and O–H groups in total. The molecular formula is C13H25NO3. The van der Waals surface area contributed by atoms with Crippen LogP contribution in [0.25, 0.3) is 0 Å². The maximum absolute atomic E-state index is 11.0. The van der Waals surface area contributed by atoms with Crippen molar-refractivity contribution < 1.29 is 14.6 Å². The van der Waals surface area contributed by atoms with Crippen molar-refractivity contribution in [3.05, 3.63) is 0 Å². The predicted octanol–water partition coefficient (Wildman–Crippen LogP) is 2.03. The van der Waals surface area contributed by atoms with Crippen LogP contribution < -0.4 is 5.32 Å². The van der Waals surface area contributed by atoms with Crippen LogP contribution in [0.1, 0.15) is 45.4 Å². The summed E-state index contributed by atoms with van der Waals surface area (Å²) in [6.07, 6.45) is 7.21. The number of aliphatic carboxylic acids is 1. The van der Waals surface area contributed by atoms with Crippen LogP contribution in [0.2, 0.25) is 0 Å². The zero-order valence-electron chi connectivity index (χ0n) is 10.9. The Kier molecular flexibility index (Phi) is 6.52. The topological polar surface area (TPSA) is 58.6 Å². The van der Waals surface area contributed by atoms with E-state index in [2.05, 4.69) is 12.2 Å². The molecule has 100 valence electrons. The number of rotatable bonds is 7. The molecule has 0 heterocycles. The molecule has 0 aliphatic heterocycles. The van der Waals surface area contributed by atoms with E-state index in [9.17, 15) is 4.79 Å². The van der Waals surface area contributed by atoms with Gasteiger partial charge in [-0.15, -0.1) is 0 Å². The van der Waals surface area contributed by atoms with Crippen molar-refractivity contribution in [3.63, 3.8) is 0 Å². The van der Waals surface area contributed by atoms with Crippen molar-refractivity contribution in [1.82, 2.24) is 5.32 Å². The van der Waals surface area contributed by atoms with Gasteiger partial charge in [0.15, 0.2) is 0 Å². The molecule has 1 unspecified atom stereocenters. The van der Waals surface area contributed by atoms with E-state index in [1.54, 1.807) is 0 Å². The van der Waals surface area contributed by atoms with Crippen molar-refractivity contribution in [3.8, 4) is 0 Å². The lowest BCUT2D eigenvalue weighted by Crippen LogP contribution is -2.47. The second-order valence-electron chi connectivity index (χ2n) is 5.02. The first-order chi connectivity index (χ1) is 8.17. The predicted molar refractivity (Wildman–Crippen MR) is 67.1 cm³/mol. The lowest BCUT2D eigenvalue weighted by Gasteiger charge is -2.30. The minimum absolute atomic E-state index is 0.240. The van der Waals surface area contributed by atoms with Crippen molar-refractivity contribution in [1.29, 1.82) is 0 Å². The summed E-state index contributed by atoms with van der Waals surface area (Å²) in [5, 5.41) is 12.2. The van der Waals surface area contributed by atoms with Crippen molar-refractivity contribution >= 4 is 5.97 Å². The SMILES string of the molecule is CCCC1CCC(NC(COC)C(=O)O)CC1. The van der Waals surface area contributed by atoms with Crippen LogP contribution in [-0.4, -0.2) is 36.9 Å². The summed E-state index contributed by atoms with van der Waals surface area (Å²) in [6.45, 7) is 2.47. The molecule has 1 atom stereocenters. The van der Waals surface area contributed by atoms with Crippen LogP contribution in [-0.2, 0) is 9.53 Å². The average Bonchev–Trinajstić information content (AvgIpc) is 2.31. The van der Waals surface area contributed by atoms with Gasteiger partial charge in [-0.2, -0.15) is 0 Å². The Balaban J connectivity index is 2.30. The van der Waals surface area contributed by atoms with Gasteiger partial charge in [-0.05, 0) is 31.6 Å². The van der Waals surface area contributed by atoms with Gasteiger partial charge >= 0.3 is 5.97 Å². The molecule has 4 nitrogen and oxygen atoms in total.